The molecule has 0 aromatic heterocycles. The molecule has 7 heteroatoms. The summed E-state index contributed by atoms with van der Waals surface area (Å²) in [4.78, 5) is 26.1. The molecule has 3 rings (SSSR count). The van der Waals surface area contributed by atoms with Gasteiger partial charge in [-0.3, -0.25) is 9.69 Å². The predicted molar refractivity (Wildman–Crippen MR) is 116 cm³/mol. The molecule has 1 aliphatic rings. The van der Waals surface area contributed by atoms with E-state index in [1.807, 2.05) is 32.9 Å². The second-order valence-corrected chi connectivity index (χ2v) is 8.55. The molecule has 0 saturated carbocycles. The van der Waals surface area contributed by atoms with E-state index in [4.69, 9.17) is 21.4 Å². The van der Waals surface area contributed by atoms with E-state index < -0.39 is 11.5 Å². The number of nitrogens with one attached hydrogen (secondary N) is 1. The number of hydrogen-bond donors (Lipinski definition) is 2. The Kier molecular flexibility index (Phi) is 6.68. The molecule has 0 radical (unpaired) electrons. The Morgan fingerprint density at radius 2 is 1.93 bits per heavy atom. The highest BCUT2D eigenvalue weighted by atomic mass is 35.5. The third kappa shape index (κ3) is 5.12. The van der Waals surface area contributed by atoms with Crippen molar-refractivity contribution in [2.24, 2.45) is 0 Å². The van der Waals surface area contributed by atoms with Crippen LogP contribution in [-0.4, -0.2) is 46.6 Å². The molecule has 2 N–H and O–H groups in total. The van der Waals surface area contributed by atoms with Gasteiger partial charge in [0.2, 0.25) is 5.91 Å². The average molecular weight is 431 g/mol. The van der Waals surface area contributed by atoms with Gasteiger partial charge < -0.3 is 15.2 Å². The summed E-state index contributed by atoms with van der Waals surface area (Å²) in [5, 5.41) is 12.7. The van der Waals surface area contributed by atoms with E-state index in [1.54, 1.807) is 36.4 Å². The first-order chi connectivity index (χ1) is 14.2. The lowest BCUT2D eigenvalue weighted by Crippen LogP contribution is -2.54. The first kappa shape index (κ1) is 22.1. The Labute approximate surface area is 181 Å². The first-order valence-corrected chi connectivity index (χ1v) is 10.4. The van der Waals surface area contributed by atoms with Gasteiger partial charge in [0.15, 0.2) is 0 Å². The van der Waals surface area contributed by atoms with Crippen LogP contribution in [0.4, 0.5) is 0 Å². The Morgan fingerprint density at radius 3 is 2.57 bits per heavy atom. The summed E-state index contributed by atoms with van der Waals surface area (Å²) in [5.41, 5.74) is 0.370. The molecule has 2 aromatic carbocycles. The fourth-order valence-electron chi connectivity index (χ4n) is 3.58. The summed E-state index contributed by atoms with van der Waals surface area (Å²) in [6, 6.07) is 13.6. The lowest BCUT2D eigenvalue weighted by Gasteiger charge is -2.35. The Bertz CT molecular complexity index is 914. The van der Waals surface area contributed by atoms with Crippen LogP contribution in [0.15, 0.2) is 48.5 Å². The van der Waals surface area contributed by atoms with Gasteiger partial charge in [0, 0.05) is 18.1 Å². The van der Waals surface area contributed by atoms with Gasteiger partial charge in [-0.2, -0.15) is 0 Å². The van der Waals surface area contributed by atoms with Crippen LogP contribution < -0.4 is 10.1 Å². The number of amides is 1. The molecule has 6 nitrogen and oxygen atoms in total. The minimum absolute atomic E-state index is 0.00321. The number of hydrogen-bond acceptors (Lipinski definition) is 4. The lowest BCUT2D eigenvalue weighted by molar-refractivity contribution is -0.132. The van der Waals surface area contributed by atoms with E-state index in [1.165, 1.54) is 0 Å². The van der Waals surface area contributed by atoms with Crippen LogP contribution in [0.3, 0.4) is 0 Å². The molecular formula is C23H27ClN2O4. The van der Waals surface area contributed by atoms with Crippen LogP contribution in [0.25, 0.3) is 0 Å². The van der Waals surface area contributed by atoms with Crippen LogP contribution in [-0.2, 0) is 4.79 Å². The number of likely N-dealkylation sites (tertiary alicyclic amines) is 1. The number of aromatic carboxylic acids is 1. The van der Waals surface area contributed by atoms with Crippen molar-refractivity contribution in [2.45, 2.75) is 44.9 Å². The number of carboxylic acids is 1. The highest BCUT2D eigenvalue weighted by molar-refractivity contribution is 6.30. The molecule has 0 spiro atoms. The van der Waals surface area contributed by atoms with Gasteiger partial charge in [-0.25, -0.2) is 4.79 Å². The summed E-state index contributed by atoms with van der Waals surface area (Å²) in [5.74, 6) is -0.321. The Hall–Kier alpha value is -2.57. The van der Waals surface area contributed by atoms with Gasteiger partial charge in [0.25, 0.3) is 0 Å². The van der Waals surface area contributed by atoms with E-state index in [0.717, 1.165) is 24.3 Å². The molecule has 30 heavy (non-hydrogen) atoms. The maximum atomic E-state index is 13.0. The minimum Gasteiger partial charge on any atom is -0.489 e. The largest absolute Gasteiger partial charge is 0.489 e. The Balaban J connectivity index is 1.59. The third-order valence-electron chi connectivity index (χ3n) is 5.60. The van der Waals surface area contributed by atoms with Crippen molar-refractivity contribution in [3.8, 4) is 5.75 Å². The Morgan fingerprint density at radius 1 is 1.23 bits per heavy atom. The van der Waals surface area contributed by atoms with Crippen molar-refractivity contribution < 1.29 is 19.4 Å². The summed E-state index contributed by atoms with van der Waals surface area (Å²) in [7, 11) is 0. The fourth-order valence-corrected chi connectivity index (χ4v) is 3.76. The SMILES string of the molecule is C[C@H](NC(=O)C(C)(C)N1CC[C@@H](Oc2cccc(Cl)c2)C1)c1ccc(C(=O)O)cc1. The normalized spacial score (nSPS) is 18.1. The van der Waals surface area contributed by atoms with Crippen molar-refractivity contribution in [3.63, 3.8) is 0 Å². The maximum Gasteiger partial charge on any atom is 0.335 e. The standard InChI is InChI=1S/C23H27ClN2O4/c1-15(16-7-9-17(10-8-16)21(27)28)25-22(29)23(2,3)26-12-11-20(14-26)30-19-6-4-5-18(24)13-19/h4-10,13,15,20H,11-12,14H2,1-3H3,(H,25,29)(H,27,28)/t15-,20+/m0/s1. The van der Waals surface area contributed by atoms with Crippen LogP contribution in [0.5, 0.6) is 5.75 Å². The number of benzene rings is 2. The van der Waals surface area contributed by atoms with E-state index in [0.29, 0.717) is 11.6 Å². The monoisotopic (exact) mass is 430 g/mol. The maximum absolute atomic E-state index is 13.0. The van der Waals surface area contributed by atoms with E-state index in [9.17, 15) is 9.59 Å². The summed E-state index contributed by atoms with van der Waals surface area (Å²) in [6.07, 6.45) is 0.826. The van der Waals surface area contributed by atoms with Gasteiger partial charge in [-0.05, 0) is 63.1 Å². The number of rotatable bonds is 7. The zero-order chi connectivity index (χ0) is 21.9. The van der Waals surface area contributed by atoms with Crippen molar-refractivity contribution >= 4 is 23.5 Å². The van der Waals surface area contributed by atoms with Crippen LogP contribution in [0.1, 0.15) is 49.2 Å². The molecule has 0 aliphatic carbocycles. The molecule has 1 saturated heterocycles. The highest BCUT2D eigenvalue weighted by Gasteiger charge is 2.40. The average Bonchev–Trinajstić information content (AvgIpc) is 3.17. The molecule has 1 aliphatic heterocycles. The van der Waals surface area contributed by atoms with Crippen LogP contribution in [0.2, 0.25) is 5.02 Å². The van der Waals surface area contributed by atoms with Gasteiger partial charge in [-0.15, -0.1) is 0 Å². The van der Waals surface area contributed by atoms with E-state index >= 15 is 0 Å². The second kappa shape index (κ2) is 9.06. The molecule has 2 atom stereocenters. The summed E-state index contributed by atoms with van der Waals surface area (Å²) in [6.45, 7) is 7.11. The number of carbonyl (C=O) groups excluding carboxylic acids is 1. The number of ether oxygens (including phenoxy) is 1. The van der Waals surface area contributed by atoms with Crippen LogP contribution in [0, 0.1) is 0 Å². The molecule has 1 heterocycles. The molecule has 1 fully saturated rings. The molecule has 0 bridgehead atoms. The number of carboxylic acid groups (broad SMARTS) is 1. The van der Waals surface area contributed by atoms with Gasteiger partial charge >= 0.3 is 5.97 Å². The first-order valence-electron chi connectivity index (χ1n) is 9.98. The summed E-state index contributed by atoms with van der Waals surface area (Å²) < 4.78 is 6.04. The second-order valence-electron chi connectivity index (χ2n) is 8.11. The van der Waals surface area contributed by atoms with Crippen molar-refractivity contribution in [1.29, 1.82) is 0 Å². The minimum atomic E-state index is -0.969. The molecule has 1 amide bonds. The molecule has 0 unspecified atom stereocenters. The van der Waals surface area contributed by atoms with Crippen molar-refractivity contribution in [2.75, 3.05) is 13.1 Å². The molecular weight excluding hydrogens is 404 g/mol. The zero-order valence-electron chi connectivity index (χ0n) is 17.4. The highest BCUT2D eigenvalue weighted by Crippen LogP contribution is 2.27. The fraction of sp³-hybridized carbons (Fsp3) is 0.391. The van der Waals surface area contributed by atoms with Gasteiger partial charge in [0.1, 0.15) is 11.9 Å². The predicted octanol–water partition coefficient (Wildman–Crippen LogP) is 4.15. The third-order valence-corrected chi connectivity index (χ3v) is 5.83. The summed E-state index contributed by atoms with van der Waals surface area (Å²) >= 11 is 6.02. The topological polar surface area (TPSA) is 78.9 Å². The smallest absolute Gasteiger partial charge is 0.335 e. The molecule has 160 valence electrons. The number of halogens is 1. The van der Waals surface area contributed by atoms with E-state index in [2.05, 4.69) is 10.2 Å². The zero-order valence-corrected chi connectivity index (χ0v) is 18.1. The quantitative estimate of drug-likeness (QED) is 0.689. The number of nitrogens with zero attached hydrogens (tertiary/aromatic N) is 1. The van der Waals surface area contributed by atoms with Crippen molar-refractivity contribution in [3.05, 3.63) is 64.7 Å². The molecule has 2 aromatic rings. The van der Waals surface area contributed by atoms with Crippen LogP contribution >= 0.6 is 11.6 Å². The lowest BCUT2D eigenvalue weighted by atomic mass is 10.00. The van der Waals surface area contributed by atoms with Gasteiger partial charge in [-0.1, -0.05) is 29.8 Å². The van der Waals surface area contributed by atoms with Crippen molar-refractivity contribution in [1.82, 2.24) is 10.2 Å². The number of carbonyl (C=O) groups is 2. The van der Waals surface area contributed by atoms with E-state index in [-0.39, 0.29) is 23.6 Å². The van der Waals surface area contributed by atoms with Gasteiger partial charge in [0.05, 0.1) is 17.1 Å².